The van der Waals surface area contributed by atoms with Crippen molar-refractivity contribution in [3.8, 4) is 0 Å². The van der Waals surface area contributed by atoms with E-state index in [0.29, 0.717) is 11.4 Å². The number of benzene rings is 1. The number of ether oxygens (including phenoxy) is 1. The first-order chi connectivity index (χ1) is 10.6. The van der Waals surface area contributed by atoms with E-state index in [1.54, 1.807) is 24.3 Å². The predicted octanol–water partition coefficient (Wildman–Crippen LogP) is 2.03. The third-order valence-electron chi connectivity index (χ3n) is 3.11. The highest BCUT2D eigenvalue weighted by molar-refractivity contribution is 6.39. The highest BCUT2D eigenvalue weighted by Gasteiger charge is 2.18. The van der Waals surface area contributed by atoms with Gasteiger partial charge in [-0.3, -0.25) is 9.59 Å². The molecule has 2 amide bonds. The topological polar surface area (TPSA) is 80.6 Å². The maximum atomic E-state index is 11.8. The highest BCUT2D eigenvalue weighted by Crippen LogP contribution is 2.15. The lowest BCUT2D eigenvalue weighted by Gasteiger charge is -2.13. The minimum Gasteiger partial charge on any atom is -0.467 e. The van der Waals surface area contributed by atoms with E-state index in [0.717, 1.165) is 5.56 Å². The van der Waals surface area contributed by atoms with Crippen molar-refractivity contribution in [3.05, 3.63) is 54.0 Å². The number of aryl methyl sites for hydroxylation is 1. The molecule has 0 spiro atoms. The number of carbonyl (C=O) groups is 2. The first-order valence-corrected chi connectivity index (χ1v) is 6.82. The van der Waals surface area contributed by atoms with Crippen LogP contribution < -0.4 is 10.6 Å². The molecule has 6 nitrogen and oxygen atoms in total. The lowest BCUT2D eigenvalue weighted by molar-refractivity contribution is -0.136. The number of amides is 2. The Hall–Kier alpha value is -2.60. The molecule has 1 aromatic heterocycles. The molecule has 1 atom stereocenters. The Bertz CT molecular complexity index is 620. The van der Waals surface area contributed by atoms with Gasteiger partial charge in [-0.2, -0.15) is 0 Å². The first kappa shape index (κ1) is 15.8. The van der Waals surface area contributed by atoms with Gasteiger partial charge in [0.25, 0.3) is 0 Å². The van der Waals surface area contributed by atoms with Gasteiger partial charge in [0.05, 0.1) is 12.8 Å². The Morgan fingerprint density at radius 1 is 1.18 bits per heavy atom. The standard InChI is InChI=1S/C16H18N2O4/c1-11-5-7-12(8-6-11)18-16(20)15(19)17-10-14(21-2)13-4-3-9-22-13/h3-9,14H,10H2,1-2H3,(H,17,19)(H,18,20). The van der Waals surface area contributed by atoms with Crippen molar-refractivity contribution in [1.82, 2.24) is 5.32 Å². The van der Waals surface area contributed by atoms with Gasteiger partial charge in [0.2, 0.25) is 0 Å². The third-order valence-corrected chi connectivity index (χ3v) is 3.11. The van der Waals surface area contributed by atoms with E-state index in [1.807, 2.05) is 19.1 Å². The molecule has 0 fully saturated rings. The Labute approximate surface area is 128 Å². The zero-order valence-corrected chi connectivity index (χ0v) is 12.5. The molecule has 0 bridgehead atoms. The number of hydrogen-bond donors (Lipinski definition) is 2. The summed E-state index contributed by atoms with van der Waals surface area (Å²) in [7, 11) is 1.51. The summed E-state index contributed by atoms with van der Waals surface area (Å²) in [4.78, 5) is 23.6. The molecule has 1 heterocycles. The molecule has 2 rings (SSSR count). The van der Waals surface area contributed by atoms with E-state index in [-0.39, 0.29) is 6.54 Å². The molecule has 0 saturated heterocycles. The lowest BCUT2D eigenvalue weighted by atomic mass is 10.2. The normalized spacial score (nSPS) is 11.7. The van der Waals surface area contributed by atoms with Gasteiger partial charge in [0.1, 0.15) is 11.9 Å². The molecule has 116 valence electrons. The Balaban J connectivity index is 1.86. The number of carbonyl (C=O) groups excluding carboxylic acids is 2. The van der Waals surface area contributed by atoms with Gasteiger partial charge in [-0.15, -0.1) is 0 Å². The summed E-state index contributed by atoms with van der Waals surface area (Å²) >= 11 is 0. The fourth-order valence-electron chi connectivity index (χ4n) is 1.86. The van der Waals surface area contributed by atoms with Crippen LogP contribution in [0.2, 0.25) is 0 Å². The summed E-state index contributed by atoms with van der Waals surface area (Å²) in [6.07, 6.45) is 1.08. The van der Waals surface area contributed by atoms with Crippen LogP contribution in [0.3, 0.4) is 0 Å². The summed E-state index contributed by atoms with van der Waals surface area (Å²) < 4.78 is 10.4. The second-order valence-corrected chi connectivity index (χ2v) is 4.77. The summed E-state index contributed by atoms with van der Waals surface area (Å²) in [5.74, 6) is -0.867. The number of nitrogens with one attached hydrogen (secondary N) is 2. The maximum Gasteiger partial charge on any atom is 0.313 e. The second-order valence-electron chi connectivity index (χ2n) is 4.77. The molecule has 0 saturated carbocycles. The van der Waals surface area contributed by atoms with Crippen LogP contribution in [-0.2, 0) is 14.3 Å². The molecule has 0 radical (unpaired) electrons. The van der Waals surface area contributed by atoms with Crippen molar-refractivity contribution in [1.29, 1.82) is 0 Å². The van der Waals surface area contributed by atoms with Crippen LogP contribution >= 0.6 is 0 Å². The molecular formula is C16H18N2O4. The quantitative estimate of drug-likeness (QED) is 0.828. The average Bonchev–Trinajstić information content (AvgIpc) is 3.04. The summed E-state index contributed by atoms with van der Waals surface area (Å²) in [5.41, 5.74) is 1.64. The van der Waals surface area contributed by atoms with Gasteiger partial charge in [-0.25, -0.2) is 0 Å². The number of methoxy groups -OCH3 is 1. The molecule has 2 N–H and O–H groups in total. The van der Waals surface area contributed by atoms with Crippen LogP contribution in [0.15, 0.2) is 47.1 Å². The SMILES string of the molecule is COC(CNC(=O)C(=O)Nc1ccc(C)cc1)c1ccco1. The highest BCUT2D eigenvalue weighted by atomic mass is 16.5. The van der Waals surface area contributed by atoms with Gasteiger partial charge < -0.3 is 19.8 Å². The zero-order valence-electron chi connectivity index (χ0n) is 12.5. The largest absolute Gasteiger partial charge is 0.467 e. The summed E-state index contributed by atoms with van der Waals surface area (Å²) in [6.45, 7) is 2.09. The molecule has 0 aliphatic rings. The van der Waals surface area contributed by atoms with Crippen LogP contribution in [0.1, 0.15) is 17.4 Å². The monoisotopic (exact) mass is 302 g/mol. The van der Waals surface area contributed by atoms with Gasteiger partial charge in [-0.1, -0.05) is 17.7 Å². The molecule has 0 aliphatic carbocycles. The molecule has 2 aromatic rings. The molecule has 22 heavy (non-hydrogen) atoms. The fourth-order valence-corrected chi connectivity index (χ4v) is 1.86. The van der Waals surface area contributed by atoms with Crippen molar-refractivity contribution in [2.45, 2.75) is 13.0 Å². The van der Waals surface area contributed by atoms with Crippen LogP contribution in [0.4, 0.5) is 5.69 Å². The zero-order chi connectivity index (χ0) is 15.9. The van der Waals surface area contributed by atoms with Crippen molar-refractivity contribution in [2.75, 3.05) is 19.0 Å². The van der Waals surface area contributed by atoms with Crippen molar-refractivity contribution >= 4 is 17.5 Å². The molecule has 1 aromatic carbocycles. The summed E-state index contributed by atoms with van der Waals surface area (Å²) in [6, 6.07) is 10.7. The molecule has 1 unspecified atom stereocenters. The van der Waals surface area contributed by atoms with Gasteiger partial charge >= 0.3 is 11.8 Å². The van der Waals surface area contributed by atoms with E-state index in [4.69, 9.17) is 9.15 Å². The number of hydrogen-bond acceptors (Lipinski definition) is 4. The van der Waals surface area contributed by atoms with Crippen molar-refractivity contribution < 1.29 is 18.7 Å². The first-order valence-electron chi connectivity index (χ1n) is 6.82. The minimum atomic E-state index is -0.728. The molecule has 0 aliphatic heterocycles. The number of anilines is 1. The minimum absolute atomic E-state index is 0.143. The van der Waals surface area contributed by atoms with Gasteiger partial charge in [0.15, 0.2) is 0 Å². The van der Waals surface area contributed by atoms with Crippen molar-refractivity contribution in [3.63, 3.8) is 0 Å². The van der Waals surface area contributed by atoms with E-state index >= 15 is 0 Å². The third kappa shape index (κ3) is 4.20. The van der Waals surface area contributed by atoms with Gasteiger partial charge in [-0.05, 0) is 31.2 Å². The second kappa shape index (κ2) is 7.42. The summed E-state index contributed by atoms with van der Waals surface area (Å²) in [5, 5.41) is 5.05. The fraction of sp³-hybridized carbons (Fsp3) is 0.250. The number of rotatable bonds is 5. The van der Waals surface area contributed by atoms with Crippen LogP contribution in [0.5, 0.6) is 0 Å². The predicted molar refractivity (Wildman–Crippen MR) is 81.3 cm³/mol. The van der Waals surface area contributed by atoms with Crippen LogP contribution in [0, 0.1) is 6.92 Å². The maximum absolute atomic E-state index is 11.8. The smallest absolute Gasteiger partial charge is 0.313 e. The average molecular weight is 302 g/mol. The lowest BCUT2D eigenvalue weighted by Crippen LogP contribution is -2.37. The van der Waals surface area contributed by atoms with E-state index in [2.05, 4.69) is 10.6 Å². The van der Waals surface area contributed by atoms with Crippen molar-refractivity contribution in [2.24, 2.45) is 0 Å². The molecule has 6 heteroatoms. The van der Waals surface area contributed by atoms with E-state index in [1.165, 1.54) is 13.4 Å². The molecular weight excluding hydrogens is 284 g/mol. The Morgan fingerprint density at radius 2 is 1.91 bits per heavy atom. The van der Waals surface area contributed by atoms with Crippen LogP contribution in [0.25, 0.3) is 0 Å². The Morgan fingerprint density at radius 3 is 2.50 bits per heavy atom. The van der Waals surface area contributed by atoms with Crippen LogP contribution in [-0.4, -0.2) is 25.5 Å². The van der Waals surface area contributed by atoms with E-state index < -0.39 is 17.9 Å². The van der Waals surface area contributed by atoms with E-state index in [9.17, 15) is 9.59 Å². The van der Waals surface area contributed by atoms with Gasteiger partial charge in [0, 0.05) is 12.8 Å². The Kier molecular flexibility index (Phi) is 5.32. The number of furan rings is 1.